The Balaban J connectivity index is 1.50. The van der Waals surface area contributed by atoms with Crippen molar-refractivity contribution in [2.24, 2.45) is 0 Å². The normalized spacial score (nSPS) is 12.7. The van der Waals surface area contributed by atoms with Crippen molar-refractivity contribution >= 4 is 21.8 Å². The first-order valence-corrected chi connectivity index (χ1v) is 11.2. The molecule has 5 aromatic rings. The van der Waals surface area contributed by atoms with Gasteiger partial charge in [0, 0.05) is 10.8 Å². The Morgan fingerprint density at radius 1 is 0.531 bits per heavy atom. The van der Waals surface area contributed by atoms with E-state index in [1.165, 1.54) is 11.1 Å². The first-order valence-electron chi connectivity index (χ1n) is 11.2. The van der Waals surface area contributed by atoms with Gasteiger partial charge in [-0.2, -0.15) is 10.2 Å². The van der Waals surface area contributed by atoms with E-state index in [1.54, 1.807) is 0 Å². The van der Waals surface area contributed by atoms with Crippen molar-refractivity contribution < 1.29 is 0 Å². The minimum absolute atomic E-state index is 0.123. The fourth-order valence-corrected chi connectivity index (χ4v) is 4.15. The van der Waals surface area contributed by atoms with E-state index in [9.17, 15) is 0 Å². The van der Waals surface area contributed by atoms with Crippen LogP contribution in [-0.4, -0.2) is 19.6 Å². The number of hydrogen-bond donors (Lipinski definition) is 0. The van der Waals surface area contributed by atoms with Crippen LogP contribution in [0.1, 0.15) is 52.7 Å². The van der Waals surface area contributed by atoms with E-state index in [0.717, 1.165) is 33.2 Å². The number of benzene rings is 3. The zero-order chi connectivity index (χ0) is 22.7. The summed E-state index contributed by atoms with van der Waals surface area (Å²) < 4.78 is 4.00. The molecule has 0 N–H and O–H groups in total. The van der Waals surface area contributed by atoms with Crippen LogP contribution in [0.5, 0.6) is 0 Å². The van der Waals surface area contributed by atoms with E-state index in [4.69, 9.17) is 0 Å². The van der Waals surface area contributed by atoms with Gasteiger partial charge >= 0.3 is 0 Å². The highest BCUT2D eigenvalue weighted by atomic mass is 15.3. The van der Waals surface area contributed by atoms with Crippen LogP contribution in [0.3, 0.4) is 0 Å². The van der Waals surface area contributed by atoms with Gasteiger partial charge in [0.1, 0.15) is 0 Å². The summed E-state index contributed by atoms with van der Waals surface area (Å²) in [6.07, 6.45) is 3.90. The third-order valence-electron chi connectivity index (χ3n) is 6.21. The SMILES string of the molecule is CC(C)(C)c1ccc2c(cnn2-c2ccc(-n3ncc4cc(C(C)(C)C)ccc43)cc2)c1. The molecule has 0 saturated carbocycles. The Morgan fingerprint density at radius 2 is 0.906 bits per heavy atom. The van der Waals surface area contributed by atoms with Gasteiger partial charge in [-0.15, -0.1) is 0 Å². The second kappa shape index (κ2) is 7.06. The summed E-state index contributed by atoms with van der Waals surface area (Å²) >= 11 is 0. The average molecular weight is 423 g/mol. The van der Waals surface area contributed by atoms with Gasteiger partial charge in [0.25, 0.3) is 0 Å². The number of rotatable bonds is 2. The Kier molecular flexibility index (Phi) is 4.52. The van der Waals surface area contributed by atoms with Crippen LogP contribution in [0.2, 0.25) is 0 Å². The molecule has 3 aromatic carbocycles. The molecular formula is C28H30N4. The fourth-order valence-electron chi connectivity index (χ4n) is 4.15. The van der Waals surface area contributed by atoms with Crippen molar-refractivity contribution in [3.05, 3.63) is 84.2 Å². The lowest BCUT2D eigenvalue weighted by Gasteiger charge is -2.19. The van der Waals surface area contributed by atoms with Gasteiger partial charge in [-0.3, -0.25) is 0 Å². The van der Waals surface area contributed by atoms with Crippen molar-refractivity contribution in [3.63, 3.8) is 0 Å². The maximum absolute atomic E-state index is 4.66. The summed E-state index contributed by atoms with van der Waals surface area (Å²) in [5.41, 5.74) is 7.20. The maximum Gasteiger partial charge on any atom is 0.0741 e. The van der Waals surface area contributed by atoms with Crippen molar-refractivity contribution in [2.45, 2.75) is 52.4 Å². The largest absolute Gasteiger partial charge is 0.233 e. The van der Waals surface area contributed by atoms with Crippen LogP contribution in [0.25, 0.3) is 33.2 Å². The summed E-state index contributed by atoms with van der Waals surface area (Å²) in [4.78, 5) is 0. The van der Waals surface area contributed by atoms with E-state index in [0.29, 0.717) is 0 Å². The quantitative estimate of drug-likeness (QED) is 0.308. The highest BCUT2D eigenvalue weighted by molar-refractivity contribution is 5.82. The minimum Gasteiger partial charge on any atom is -0.233 e. The molecule has 4 heteroatoms. The molecule has 0 fully saturated rings. The fraction of sp³-hybridized carbons (Fsp3) is 0.286. The standard InChI is InChI=1S/C28H30N4/c1-27(2,3)21-7-13-25-19(15-21)17-29-31(25)23-9-11-24(12-10-23)32-26-14-8-22(28(4,5)6)16-20(26)18-30-32/h7-18H,1-6H3. The Morgan fingerprint density at radius 3 is 1.25 bits per heavy atom. The predicted molar refractivity (Wildman–Crippen MR) is 133 cm³/mol. The molecule has 0 atom stereocenters. The van der Waals surface area contributed by atoms with Crippen LogP contribution in [0.15, 0.2) is 73.1 Å². The molecule has 0 unspecified atom stereocenters. The van der Waals surface area contributed by atoms with E-state index < -0.39 is 0 Å². The average Bonchev–Trinajstić information content (AvgIpc) is 3.36. The molecule has 5 rings (SSSR count). The van der Waals surface area contributed by atoms with Gasteiger partial charge in [0.05, 0.1) is 34.8 Å². The monoisotopic (exact) mass is 422 g/mol. The minimum atomic E-state index is 0.123. The molecule has 32 heavy (non-hydrogen) atoms. The van der Waals surface area contributed by atoms with Gasteiger partial charge < -0.3 is 0 Å². The molecule has 0 saturated heterocycles. The number of aromatic nitrogens is 4. The summed E-state index contributed by atoms with van der Waals surface area (Å²) in [6.45, 7) is 13.4. The zero-order valence-corrected chi connectivity index (χ0v) is 19.7. The highest BCUT2D eigenvalue weighted by Crippen LogP contribution is 2.29. The highest BCUT2D eigenvalue weighted by Gasteiger charge is 2.17. The topological polar surface area (TPSA) is 35.6 Å². The zero-order valence-electron chi connectivity index (χ0n) is 19.7. The number of hydrogen-bond acceptors (Lipinski definition) is 2. The van der Waals surface area contributed by atoms with Crippen LogP contribution < -0.4 is 0 Å². The van der Waals surface area contributed by atoms with Gasteiger partial charge in [0.2, 0.25) is 0 Å². The lowest BCUT2D eigenvalue weighted by atomic mass is 9.86. The molecule has 0 aliphatic rings. The molecule has 162 valence electrons. The third kappa shape index (κ3) is 3.50. The van der Waals surface area contributed by atoms with E-state index in [-0.39, 0.29) is 10.8 Å². The van der Waals surface area contributed by atoms with Gasteiger partial charge in [0.15, 0.2) is 0 Å². The molecule has 2 heterocycles. The van der Waals surface area contributed by atoms with E-state index in [2.05, 4.69) is 112 Å². The number of nitrogens with zero attached hydrogens (tertiary/aromatic N) is 4. The van der Waals surface area contributed by atoms with Gasteiger partial charge in [-0.25, -0.2) is 9.36 Å². The van der Waals surface area contributed by atoms with Crippen molar-refractivity contribution in [1.29, 1.82) is 0 Å². The Hall–Kier alpha value is -3.40. The van der Waals surface area contributed by atoms with Crippen LogP contribution >= 0.6 is 0 Å². The number of fused-ring (bicyclic) bond motifs is 2. The molecule has 4 nitrogen and oxygen atoms in total. The van der Waals surface area contributed by atoms with Crippen molar-refractivity contribution in [3.8, 4) is 11.4 Å². The predicted octanol–water partition coefficient (Wildman–Crippen LogP) is 6.96. The molecule has 0 spiro atoms. The van der Waals surface area contributed by atoms with E-state index in [1.807, 2.05) is 21.8 Å². The van der Waals surface area contributed by atoms with Crippen LogP contribution in [-0.2, 0) is 10.8 Å². The summed E-state index contributed by atoms with van der Waals surface area (Å²) in [6, 6.07) is 21.7. The second-order valence-electron chi connectivity index (χ2n) is 10.7. The smallest absolute Gasteiger partial charge is 0.0741 e. The molecule has 0 bridgehead atoms. The molecular weight excluding hydrogens is 392 g/mol. The summed E-state index contributed by atoms with van der Waals surface area (Å²) in [7, 11) is 0. The van der Waals surface area contributed by atoms with Crippen molar-refractivity contribution in [1.82, 2.24) is 19.6 Å². The molecule has 0 radical (unpaired) electrons. The Labute approximate surface area is 189 Å². The lowest BCUT2D eigenvalue weighted by Crippen LogP contribution is -2.10. The first kappa shape index (κ1) is 20.5. The Bertz CT molecular complexity index is 1310. The summed E-state index contributed by atoms with van der Waals surface area (Å²) in [5, 5.41) is 11.6. The maximum atomic E-state index is 4.66. The third-order valence-corrected chi connectivity index (χ3v) is 6.21. The van der Waals surface area contributed by atoms with Crippen LogP contribution in [0, 0.1) is 0 Å². The first-order chi connectivity index (χ1) is 15.1. The van der Waals surface area contributed by atoms with Gasteiger partial charge in [-0.1, -0.05) is 53.7 Å². The molecule has 0 aliphatic carbocycles. The van der Waals surface area contributed by atoms with E-state index >= 15 is 0 Å². The second-order valence-corrected chi connectivity index (χ2v) is 10.7. The van der Waals surface area contributed by atoms with Crippen LogP contribution in [0.4, 0.5) is 0 Å². The van der Waals surface area contributed by atoms with Gasteiger partial charge in [-0.05, 0) is 70.5 Å². The lowest BCUT2D eigenvalue weighted by molar-refractivity contribution is 0.591. The molecule has 0 aliphatic heterocycles. The molecule has 2 aromatic heterocycles. The molecule has 0 amide bonds. The summed E-state index contributed by atoms with van der Waals surface area (Å²) in [5.74, 6) is 0. The van der Waals surface area contributed by atoms with Crippen molar-refractivity contribution in [2.75, 3.05) is 0 Å².